The smallest absolute Gasteiger partial charge is 0.0561 e. The largest absolute Gasteiger partial charge is 0.310 e. The third-order valence-electron chi connectivity index (χ3n) is 9.99. The summed E-state index contributed by atoms with van der Waals surface area (Å²) >= 11 is 0. The molecule has 47 heavy (non-hydrogen) atoms. The zero-order valence-electron chi connectivity index (χ0n) is 26.6. The second-order valence-corrected chi connectivity index (χ2v) is 13.0. The van der Waals surface area contributed by atoms with E-state index >= 15 is 0 Å². The van der Waals surface area contributed by atoms with Crippen molar-refractivity contribution in [2.75, 3.05) is 4.90 Å². The first-order chi connectivity index (χ1) is 23.1. The molecule has 1 aliphatic rings. The lowest BCUT2D eigenvalue weighted by Gasteiger charge is -2.26. The molecule has 2 nitrogen and oxygen atoms in total. The highest BCUT2D eigenvalue weighted by molar-refractivity contribution is 6.10. The van der Waals surface area contributed by atoms with Crippen LogP contribution in [0.25, 0.3) is 49.7 Å². The van der Waals surface area contributed by atoms with Crippen molar-refractivity contribution in [1.82, 2.24) is 4.57 Å². The van der Waals surface area contributed by atoms with Gasteiger partial charge in [-0.05, 0) is 94.0 Å². The molecule has 0 atom stereocenters. The molecule has 1 aliphatic carbocycles. The van der Waals surface area contributed by atoms with Crippen molar-refractivity contribution in [3.8, 4) is 27.9 Å². The number of rotatable bonds is 5. The molecule has 224 valence electrons. The van der Waals surface area contributed by atoms with Gasteiger partial charge in [0.25, 0.3) is 0 Å². The van der Waals surface area contributed by atoms with Crippen LogP contribution in [0.4, 0.5) is 17.1 Å². The fourth-order valence-electron chi connectivity index (χ4n) is 7.66. The Bertz CT molecular complexity index is 2420. The average Bonchev–Trinajstić information content (AvgIpc) is 3.57. The lowest BCUT2D eigenvalue weighted by atomic mass is 9.81. The van der Waals surface area contributed by atoms with Crippen LogP contribution in [0.2, 0.25) is 0 Å². The van der Waals surface area contributed by atoms with E-state index in [2.05, 4.69) is 193 Å². The monoisotopic (exact) mass is 602 g/mol. The molecule has 0 saturated carbocycles. The zero-order valence-corrected chi connectivity index (χ0v) is 26.6. The topological polar surface area (TPSA) is 8.17 Å². The number of anilines is 3. The minimum Gasteiger partial charge on any atom is -0.310 e. The fourth-order valence-corrected chi connectivity index (χ4v) is 7.66. The van der Waals surface area contributed by atoms with Gasteiger partial charge in [-0.2, -0.15) is 0 Å². The molecule has 0 unspecified atom stereocenters. The van der Waals surface area contributed by atoms with Gasteiger partial charge < -0.3 is 9.47 Å². The van der Waals surface area contributed by atoms with Gasteiger partial charge in [0.15, 0.2) is 0 Å². The molecule has 0 bridgehead atoms. The van der Waals surface area contributed by atoms with Crippen molar-refractivity contribution < 1.29 is 0 Å². The maximum Gasteiger partial charge on any atom is 0.0561 e. The Morgan fingerprint density at radius 1 is 0.426 bits per heavy atom. The van der Waals surface area contributed by atoms with E-state index in [1.165, 1.54) is 55.2 Å². The van der Waals surface area contributed by atoms with E-state index in [9.17, 15) is 0 Å². The van der Waals surface area contributed by atoms with Crippen LogP contribution >= 0.6 is 0 Å². The Labute approximate surface area is 275 Å². The second kappa shape index (κ2) is 10.6. The third-order valence-corrected chi connectivity index (χ3v) is 9.99. The number of aromatic nitrogens is 1. The van der Waals surface area contributed by atoms with Gasteiger partial charge in [0.1, 0.15) is 0 Å². The number of nitrogens with zero attached hydrogens (tertiary/aromatic N) is 2. The van der Waals surface area contributed by atoms with Crippen LogP contribution in [0, 0.1) is 0 Å². The van der Waals surface area contributed by atoms with Gasteiger partial charge in [-0.25, -0.2) is 0 Å². The summed E-state index contributed by atoms with van der Waals surface area (Å²) in [5.74, 6) is 0. The van der Waals surface area contributed by atoms with Crippen molar-refractivity contribution in [1.29, 1.82) is 0 Å². The summed E-state index contributed by atoms with van der Waals surface area (Å²) in [4.78, 5) is 2.36. The van der Waals surface area contributed by atoms with Crippen LogP contribution in [0.3, 0.4) is 0 Å². The molecule has 2 heteroatoms. The number of hydrogen-bond acceptors (Lipinski definition) is 1. The first-order valence-electron chi connectivity index (χ1n) is 16.4. The number of hydrogen-bond donors (Lipinski definition) is 0. The molecule has 0 radical (unpaired) electrons. The molecule has 0 amide bonds. The third kappa shape index (κ3) is 4.33. The SMILES string of the molecule is CC1(C)c2ccccc2-c2ccc(-c3ccc(N(c4ccccc4)c4ccc5c6ccccc6n(-c6ccccc6)c5c4)cc3)cc21. The van der Waals surface area contributed by atoms with Gasteiger partial charge in [-0.1, -0.05) is 123 Å². The molecule has 9 rings (SSSR count). The normalized spacial score (nSPS) is 13.1. The van der Waals surface area contributed by atoms with Crippen LogP contribution in [-0.4, -0.2) is 4.57 Å². The van der Waals surface area contributed by atoms with E-state index in [1.807, 2.05) is 0 Å². The van der Waals surface area contributed by atoms with Crippen LogP contribution in [0.1, 0.15) is 25.0 Å². The first kappa shape index (κ1) is 27.5. The average molecular weight is 603 g/mol. The lowest BCUT2D eigenvalue weighted by Crippen LogP contribution is -2.14. The minimum absolute atomic E-state index is 0.0210. The summed E-state index contributed by atoms with van der Waals surface area (Å²) in [6.07, 6.45) is 0. The summed E-state index contributed by atoms with van der Waals surface area (Å²) in [7, 11) is 0. The lowest BCUT2D eigenvalue weighted by molar-refractivity contribution is 0.660. The number of para-hydroxylation sites is 3. The van der Waals surface area contributed by atoms with E-state index in [0.717, 1.165) is 22.7 Å². The first-order valence-corrected chi connectivity index (χ1v) is 16.4. The summed E-state index contributed by atoms with van der Waals surface area (Å²) in [6.45, 7) is 4.69. The molecule has 7 aromatic carbocycles. The van der Waals surface area contributed by atoms with Gasteiger partial charge in [0.2, 0.25) is 0 Å². The molecule has 1 aromatic heterocycles. The zero-order chi connectivity index (χ0) is 31.5. The van der Waals surface area contributed by atoms with E-state index in [4.69, 9.17) is 0 Å². The van der Waals surface area contributed by atoms with Crippen LogP contribution in [0.5, 0.6) is 0 Å². The Balaban J connectivity index is 1.16. The van der Waals surface area contributed by atoms with Crippen LogP contribution < -0.4 is 4.90 Å². The maximum atomic E-state index is 2.40. The molecule has 0 N–H and O–H groups in total. The summed E-state index contributed by atoms with van der Waals surface area (Å²) in [5.41, 5.74) is 14.9. The Kier molecular flexibility index (Phi) is 6.20. The van der Waals surface area contributed by atoms with E-state index < -0.39 is 0 Å². The summed E-state index contributed by atoms with van der Waals surface area (Å²) in [5, 5.41) is 2.51. The van der Waals surface area contributed by atoms with Gasteiger partial charge in [-0.15, -0.1) is 0 Å². The maximum absolute atomic E-state index is 2.40. The Morgan fingerprint density at radius 2 is 1.02 bits per heavy atom. The molecule has 1 heterocycles. The van der Waals surface area contributed by atoms with Gasteiger partial charge in [0, 0.05) is 38.9 Å². The molecule has 0 aliphatic heterocycles. The molecular formula is C45H34N2. The van der Waals surface area contributed by atoms with Gasteiger partial charge in [-0.3, -0.25) is 0 Å². The molecule has 0 spiro atoms. The van der Waals surface area contributed by atoms with Gasteiger partial charge in [0.05, 0.1) is 11.0 Å². The van der Waals surface area contributed by atoms with Crippen LogP contribution in [-0.2, 0) is 5.41 Å². The quantitative estimate of drug-likeness (QED) is 0.190. The van der Waals surface area contributed by atoms with Gasteiger partial charge >= 0.3 is 0 Å². The number of fused-ring (bicyclic) bond motifs is 6. The molecular weight excluding hydrogens is 569 g/mol. The van der Waals surface area contributed by atoms with Crippen molar-refractivity contribution in [2.24, 2.45) is 0 Å². The Morgan fingerprint density at radius 3 is 1.83 bits per heavy atom. The van der Waals surface area contributed by atoms with Crippen molar-refractivity contribution in [3.05, 3.63) is 181 Å². The highest BCUT2D eigenvalue weighted by Gasteiger charge is 2.35. The number of benzene rings is 7. The minimum atomic E-state index is -0.0210. The second-order valence-electron chi connectivity index (χ2n) is 13.0. The van der Waals surface area contributed by atoms with Crippen molar-refractivity contribution in [3.63, 3.8) is 0 Å². The van der Waals surface area contributed by atoms with E-state index in [1.54, 1.807) is 0 Å². The fraction of sp³-hybridized carbons (Fsp3) is 0.0667. The van der Waals surface area contributed by atoms with Crippen molar-refractivity contribution >= 4 is 38.9 Å². The molecule has 0 fully saturated rings. The highest BCUT2D eigenvalue weighted by atomic mass is 15.1. The molecule has 8 aromatic rings. The summed E-state index contributed by atoms with van der Waals surface area (Å²) in [6, 6.07) is 61.8. The van der Waals surface area contributed by atoms with Crippen molar-refractivity contribution in [2.45, 2.75) is 19.3 Å². The van der Waals surface area contributed by atoms with E-state index in [0.29, 0.717) is 0 Å². The summed E-state index contributed by atoms with van der Waals surface area (Å²) < 4.78 is 2.38. The molecule has 0 saturated heterocycles. The predicted molar refractivity (Wildman–Crippen MR) is 198 cm³/mol. The van der Waals surface area contributed by atoms with Crippen LogP contribution in [0.15, 0.2) is 170 Å². The highest BCUT2D eigenvalue weighted by Crippen LogP contribution is 2.49. The standard InChI is InChI=1S/C45H34N2/c1-45(2)41-19-11-9-17-37(41)38-27-23-32(29-42(38)45)31-21-24-35(25-22-31)46(33-13-5-3-6-14-33)36-26-28-40-39-18-10-12-20-43(39)47(44(40)30-36)34-15-7-4-8-16-34/h3-30H,1-2H3. The predicted octanol–water partition coefficient (Wildman–Crippen LogP) is 12.2. The Hall–Kier alpha value is -5.86. The van der Waals surface area contributed by atoms with E-state index in [-0.39, 0.29) is 5.41 Å².